The number of hydrogen-bond acceptors (Lipinski definition) is 3. The number of aryl methyl sites for hydroxylation is 1. The van der Waals surface area contributed by atoms with Gasteiger partial charge >= 0.3 is 0 Å². The van der Waals surface area contributed by atoms with E-state index in [4.69, 9.17) is 9.84 Å². The van der Waals surface area contributed by atoms with Gasteiger partial charge in [0.25, 0.3) is 5.91 Å². The van der Waals surface area contributed by atoms with E-state index in [-0.39, 0.29) is 5.91 Å². The zero-order chi connectivity index (χ0) is 18.9. The van der Waals surface area contributed by atoms with Crippen LogP contribution in [0.15, 0.2) is 54.6 Å². The van der Waals surface area contributed by atoms with Crippen molar-refractivity contribution in [3.05, 3.63) is 71.4 Å². The lowest BCUT2D eigenvalue weighted by molar-refractivity contribution is 0.102. The highest BCUT2D eigenvalue weighted by Gasteiger charge is 2.25. The van der Waals surface area contributed by atoms with Crippen molar-refractivity contribution in [2.45, 2.75) is 32.1 Å². The molecule has 5 rings (SSSR count). The third kappa shape index (κ3) is 3.40. The SMILES string of the molecule is O=C(Nc1c2c(nn1-c1ccccc1)CCC2)c1ccc(OCC2CC2)cc1. The summed E-state index contributed by atoms with van der Waals surface area (Å²) in [5, 5.41) is 7.86. The molecule has 1 saturated carbocycles. The Bertz CT molecular complexity index is 989. The molecule has 2 aromatic carbocycles. The average Bonchev–Trinajstić information content (AvgIpc) is 3.35. The highest BCUT2D eigenvalue weighted by Crippen LogP contribution is 2.32. The van der Waals surface area contributed by atoms with E-state index in [1.807, 2.05) is 59.3 Å². The summed E-state index contributed by atoms with van der Waals surface area (Å²) < 4.78 is 7.62. The van der Waals surface area contributed by atoms with E-state index in [2.05, 4.69) is 5.32 Å². The molecule has 1 aromatic heterocycles. The number of nitrogens with zero attached hydrogens (tertiary/aromatic N) is 2. The molecule has 0 radical (unpaired) electrons. The Morgan fingerprint density at radius 1 is 1.07 bits per heavy atom. The summed E-state index contributed by atoms with van der Waals surface area (Å²) in [6.07, 6.45) is 5.53. The molecule has 0 unspecified atom stereocenters. The first kappa shape index (κ1) is 17.0. The standard InChI is InChI=1S/C23H23N3O2/c27-23(17-11-13-19(14-12-17)28-15-16-9-10-16)24-22-20-7-4-8-21(20)25-26(22)18-5-2-1-3-6-18/h1-3,5-6,11-14,16H,4,7-10,15H2,(H,24,27). The Hall–Kier alpha value is -3.08. The smallest absolute Gasteiger partial charge is 0.256 e. The number of para-hydroxylation sites is 1. The molecule has 1 heterocycles. The highest BCUT2D eigenvalue weighted by atomic mass is 16.5. The first-order valence-electron chi connectivity index (χ1n) is 9.98. The van der Waals surface area contributed by atoms with Crippen LogP contribution in [-0.2, 0) is 12.8 Å². The fraction of sp³-hybridized carbons (Fsp3) is 0.304. The van der Waals surface area contributed by atoms with Crippen molar-refractivity contribution in [3.8, 4) is 11.4 Å². The lowest BCUT2D eigenvalue weighted by atomic mass is 10.2. The van der Waals surface area contributed by atoms with Crippen molar-refractivity contribution < 1.29 is 9.53 Å². The van der Waals surface area contributed by atoms with Crippen molar-refractivity contribution in [1.82, 2.24) is 9.78 Å². The average molecular weight is 373 g/mol. The number of benzene rings is 2. The Morgan fingerprint density at radius 3 is 2.61 bits per heavy atom. The molecular formula is C23H23N3O2. The molecule has 3 aromatic rings. The van der Waals surface area contributed by atoms with Crippen LogP contribution in [0, 0.1) is 5.92 Å². The summed E-state index contributed by atoms with van der Waals surface area (Å²) in [5.41, 5.74) is 3.81. The molecule has 0 bridgehead atoms. The number of nitrogens with one attached hydrogen (secondary N) is 1. The van der Waals surface area contributed by atoms with Gasteiger partial charge in [-0.1, -0.05) is 18.2 Å². The number of rotatable bonds is 6. The molecule has 5 nitrogen and oxygen atoms in total. The number of aromatic nitrogens is 2. The minimum absolute atomic E-state index is 0.125. The molecule has 142 valence electrons. The zero-order valence-electron chi connectivity index (χ0n) is 15.7. The van der Waals surface area contributed by atoms with Crippen molar-refractivity contribution in [3.63, 3.8) is 0 Å². The van der Waals surface area contributed by atoms with E-state index in [0.717, 1.165) is 54.4 Å². The number of carbonyl (C=O) groups is 1. The number of hydrogen-bond donors (Lipinski definition) is 1. The molecule has 0 spiro atoms. The number of carbonyl (C=O) groups excluding carboxylic acids is 1. The van der Waals surface area contributed by atoms with Gasteiger partial charge in [-0.3, -0.25) is 4.79 Å². The summed E-state index contributed by atoms with van der Waals surface area (Å²) in [6, 6.07) is 17.3. The molecule has 2 aliphatic rings. The van der Waals surface area contributed by atoms with Gasteiger partial charge in [0.05, 0.1) is 18.0 Å². The number of anilines is 1. The van der Waals surface area contributed by atoms with Gasteiger partial charge in [-0.05, 0) is 74.4 Å². The maximum Gasteiger partial charge on any atom is 0.256 e. The van der Waals surface area contributed by atoms with E-state index in [9.17, 15) is 4.79 Å². The molecule has 2 aliphatic carbocycles. The third-order valence-electron chi connectivity index (χ3n) is 5.44. The van der Waals surface area contributed by atoms with Gasteiger partial charge < -0.3 is 10.1 Å². The molecule has 0 atom stereocenters. The minimum Gasteiger partial charge on any atom is -0.493 e. The number of amides is 1. The molecule has 1 amide bonds. The second-order valence-corrected chi connectivity index (χ2v) is 7.61. The van der Waals surface area contributed by atoms with Crippen LogP contribution in [0.1, 0.15) is 40.9 Å². The first-order valence-corrected chi connectivity index (χ1v) is 9.98. The van der Waals surface area contributed by atoms with Gasteiger partial charge in [-0.15, -0.1) is 0 Å². The maximum absolute atomic E-state index is 12.9. The Labute approximate surface area is 164 Å². The van der Waals surface area contributed by atoms with Crippen LogP contribution < -0.4 is 10.1 Å². The predicted octanol–water partition coefficient (Wildman–Crippen LogP) is 4.40. The lowest BCUT2D eigenvalue weighted by Gasteiger charge is -2.11. The van der Waals surface area contributed by atoms with Crippen molar-refractivity contribution >= 4 is 11.7 Å². The fourth-order valence-corrected chi connectivity index (χ4v) is 3.66. The van der Waals surface area contributed by atoms with Crippen LogP contribution in [0.4, 0.5) is 5.82 Å². The summed E-state index contributed by atoms with van der Waals surface area (Å²) in [6.45, 7) is 0.772. The van der Waals surface area contributed by atoms with E-state index in [1.54, 1.807) is 0 Å². The zero-order valence-corrected chi connectivity index (χ0v) is 15.7. The fourth-order valence-electron chi connectivity index (χ4n) is 3.66. The maximum atomic E-state index is 12.9. The molecule has 0 saturated heterocycles. The predicted molar refractivity (Wildman–Crippen MR) is 108 cm³/mol. The van der Waals surface area contributed by atoms with Gasteiger partial charge in [0.15, 0.2) is 0 Å². The van der Waals surface area contributed by atoms with Gasteiger partial charge in [0.2, 0.25) is 0 Å². The molecule has 1 N–H and O–H groups in total. The normalized spacial score (nSPS) is 15.3. The van der Waals surface area contributed by atoms with Crippen molar-refractivity contribution in [1.29, 1.82) is 0 Å². The van der Waals surface area contributed by atoms with Crippen LogP contribution in [0.3, 0.4) is 0 Å². The van der Waals surface area contributed by atoms with Crippen molar-refractivity contribution in [2.75, 3.05) is 11.9 Å². The Kier molecular flexibility index (Phi) is 4.35. The second-order valence-electron chi connectivity index (χ2n) is 7.61. The summed E-state index contributed by atoms with van der Waals surface area (Å²) in [7, 11) is 0. The molecule has 5 heteroatoms. The minimum atomic E-state index is -0.125. The van der Waals surface area contributed by atoms with Gasteiger partial charge in [-0.2, -0.15) is 5.10 Å². The van der Waals surface area contributed by atoms with Crippen LogP contribution in [0.25, 0.3) is 5.69 Å². The summed E-state index contributed by atoms with van der Waals surface area (Å²) in [5.74, 6) is 2.19. The number of fused-ring (bicyclic) bond motifs is 1. The van der Waals surface area contributed by atoms with Crippen LogP contribution in [0.5, 0.6) is 5.75 Å². The summed E-state index contributed by atoms with van der Waals surface area (Å²) in [4.78, 5) is 12.9. The van der Waals surface area contributed by atoms with Gasteiger partial charge in [-0.25, -0.2) is 4.68 Å². The third-order valence-corrected chi connectivity index (χ3v) is 5.44. The van der Waals surface area contributed by atoms with Crippen LogP contribution in [0.2, 0.25) is 0 Å². The molecule has 1 fully saturated rings. The first-order chi connectivity index (χ1) is 13.8. The van der Waals surface area contributed by atoms with Gasteiger partial charge in [0.1, 0.15) is 11.6 Å². The summed E-state index contributed by atoms with van der Waals surface area (Å²) >= 11 is 0. The van der Waals surface area contributed by atoms with E-state index >= 15 is 0 Å². The Morgan fingerprint density at radius 2 is 1.86 bits per heavy atom. The van der Waals surface area contributed by atoms with Crippen molar-refractivity contribution in [2.24, 2.45) is 5.92 Å². The van der Waals surface area contributed by atoms with Crippen LogP contribution >= 0.6 is 0 Å². The monoisotopic (exact) mass is 373 g/mol. The highest BCUT2D eigenvalue weighted by molar-refractivity contribution is 6.04. The molecule has 0 aliphatic heterocycles. The van der Waals surface area contributed by atoms with E-state index < -0.39 is 0 Å². The number of ether oxygens (including phenoxy) is 1. The van der Waals surface area contributed by atoms with E-state index in [0.29, 0.717) is 11.5 Å². The van der Waals surface area contributed by atoms with E-state index in [1.165, 1.54) is 12.8 Å². The molecular weight excluding hydrogens is 350 g/mol. The largest absolute Gasteiger partial charge is 0.493 e. The molecule has 28 heavy (non-hydrogen) atoms. The lowest BCUT2D eigenvalue weighted by Crippen LogP contribution is -2.16. The Balaban J connectivity index is 1.37. The van der Waals surface area contributed by atoms with Gasteiger partial charge in [0, 0.05) is 11.1 Å². The topological polar surface area (TPSA) is 56.2 Å². The van der Waals surface area contributed by atoms with Crippen LogP contribution in [-0.4, -0.2) is 22.3 Å². The quantitative estimate of drug-likeness (QED) is 0.697. The second kappa shape index (κ2) is 7.15.